The average molecular weight is 475 g/mol. The number of ether oxygens (including phenoxy) is 1. The van der Waals surface area contributed by atoms with Gasteiger partial charge in [0.2, 0.25) is 0 Å². The quantitative estimate of drug-likeness (QED) is 0.472. The number of nitrogens with zero attached hydrogens (tertiary/aromatic N) is 3. The second-order valence-corrected chi connectivity index (χ2v) is 9.69. The van der Waals surface area contributed by atoms with Crippen LogP contribution in [0.3, 0.4) is 0 Å². The number of rotatable bonds is 5. The molecular formula is C26H26N4O3S. The molecule has 1 saturated heterocycles. The highest BCUT2D eigenvalue weighted by Gasteiger charge is 2.33. The van der Waals surface area contributed by atoms with Crippen molar-refractivity contribution in [1.29, 1.82) is 0 Å². The Morgan fingerprint density at radius 2 is 2.00 bits per heavy atom. The molecular weight excluding hydrogens is 448 g/mol. The molecule has 174 valence electrons. The maximum atomic E-state index is 13.5. The van der Waals surface area contributed by atoms with Gasteiger partial charge >= 0.3 is 0 Å². The van der Waals surface area contributed by atoms with Gasteiger partial charge in [-0.05, 0) is 25.5 Å². The number of benzene rings is 2. The summed E-state index contributed by atoms with van der Waals surface area (Å²) in [6, 6.07) is 15.9. The zero-order valence-corrected chi connectivity index (χ0v) is 20.2. The van der Waals surface area contributed by atoms with Crippen molar-refractivity contribution in [3.8, 4) is 10.4 Å². The lowest BCUT2D eigenvalue weighted by atomic mass is 10.1. The first-order valence-electron chi connectivity index (χ1n) is 11.2. The summed E-state index contributed by atoms with van der Waals surface area (Å²) in [6.45, 7) is 5.02. The summed E-state index contributed by atoms with van der Waals surface area (Å²) in [5, 5.41) is 4.68. The van der Waals surface area contributed by atoms with Crippen LogP contribution in [-0.4, -0.2) is 52.2 Å². The van der Waals surface area contributed by atoms with Gasteiger partial charge in [-0.2, -0.15) is 0 Å². The Balaban J connectivity index is 1.34. The molecule has 4 aromatic rings. The Bertz CT molecular complexity index is 1390. The van der Waals surface area contributed by atoms with Gasteiger partial charge in [0.1, 0.15) is 11.9 Å². The zero-order valence-electron chi connectivity index (χ0n) is 19.4. The third kappa shape index (κ3) is 4.10. The van der Waals surface area contributed by atoms with Crippen molar-refractivity contribution in [2.45, 2.75) is 20.1 Å². The fourth-order valence-electron chi connectivity index (χ4n) is 4.41. The number of amides is 2. The van der Waals surface area contributed by atoms with E-state index in [0.29, 0.717) is 24.4 Å². The third-order valence-corrected chi connectivity index (χ3v) is 7.07. The molecule has 0 aliphatic carbocycles. The molecule has 7 nitrogen and oxygen atoms in total. The van der Waals surface area contributed by atoms with Crippen molar-refractivity contribution in [1.82, 2.24) is 19.8 Å². The van der Waals surface area contributed by atoms with E-state index in [-0.39, 0.29) is 18.4 Å². The summed E-state index contributed by atoms with van der Waals surface area (Å²) in [4.78, 5) is 33.6. The van der Waals surface area contributed by atoms with E-state index in [2.05, 4.69) is 16.4 Å². The number of hydrogen-bond acceptors (Lipinski definition) is 5. The van der Waals surface area contributed by atoms with Crippen molar-refractivity contribution in [2.75, 3.05) is 19.7 Å². The Morgan fingerprint density at radius 3 is 2.82 bits per heavy atom. The number of carbonyl (C=O) groups excluding carboxylic acids is 2. The lowest BCUT2D eigenvalue weighted by Crippen LogP contribution is -2.44. The van der Waals surface area contributed by atoms with E-state index in [9.17, 15) is 9.59 Å². The number of para-hydroxylation sites is 1. The molecule has 1 atom stereocenters. The molecule has 1 N–H and O–H groups in total. The smallest absolute Gasteiger partial charge is 0.276 e. The molecule has 0 spiro atoms. The molecule has 5 rings (SSSR count). The van der Waals surface area contributed by atoms with Gasteiger partial charge in [0.15, 0.2) is 0 Å². The van der Waals surface area contributed by atoms with Gasteiger partial charge in [-0.25, -0.2) is 4.98 Å². The summed E-state index contributed by atoms with van der Waals surface area (Å²) in [7, 11) is 1.92. The third-order valence-electron chi connectivity index (χ3n) is 6.05. The molecule has 8 heteroatoms. The topological polar surface area (TPSA) is 76.5 Å². The van der Waals surface area contributed by atoms with Crippen LogP contribution in [0, 0.1) is 13.8 Å². The molecule has 1 aliphatic rings. The van der Waals surface area contributed by atoms with Crippen LogP contribution in [0.1, 0.15) is 31.4 Å². The normalized spacial score (nSPS) is 15.7. The fourth-order valence-corrected chi connectivity index (χ4v) is 5.32. The number of nitrogens with one attached hydrogen (secondary N) is 1. The Kier molecular flexibility index (Phi) is 5.93. The molecule has 2 amide bonds. The van der Waals surface area contributed by atoms with Crippen LogP contribution in [0.15, 0.2) is 54.7 Å². The predicted molar refractivity (Wildman–Crippen MR) is 133 cm³/mol. The second-order valence-electron chi connectivity index (χ2n) is 8.48. The standard InChI is InChI=1S/C26H26N4O3S/c1-16-7-6-8-18(13-16)24-23(28-17(2)34-24)26(32)30-11-12-33-22(30)14-27-25(31)20-15-29(3)21-10-5-4-9-19(20)21/h4-10,13,15,22H,11-12,14H2,1-3H3,(H,27,31). The number of carbonyl (C=O) groups is 2. The first-order valence-corrected chi connectivity index (χ1v) is 12.0. The molecule has 1 unspecified atom stereocenters. The van der Waals surface area contributed by atoms with E-state index in [1.807, 2.05) is 74.1 Å². The van der Waals surface area contributed by atoms with Crippen molar-refractivity contribution in [3.05, 3.63) is 76.6 Å². The van der Waals surface area contributed by atoms with Crippen LogP contribution >= 0.6 is 11.3 Å². The Morgan fingerprint density at radius 1 is 1.18 bits per heavy atom. The monoisotopic (exact) mass is 474 g/mol. The van der Waals surface area contributed by atoms with Gasteiger partial charge in [-0.15, -0.1) is 11.3 Å². The SMILES string of the molecule is Cc1cccc(-c2sc(C)nc2C(=O)N2CCOC2CNC(=O)c2cn(C)c3ccccc23)c1. The van der Waals surface area contributed by atoms with Gasteiger partial charge in [0, 0.05) is 30.7 Å². The molecule has 2 aromatic carbocycles. The van der Waals surface area contributed by atoms with E-state index < -0.39 is 6.23 Å². The first kappa shape index (κ1) is 22.3. The Hall–Kier alpha value is -3.49. The van der Waals surface area contributed by atoms with Crippen LogP contribution in [-0.2, 0) is 11.8 Å². The van der Waals surface area contributed by atoms with Crippen molar-refractivity contribution >= 4 is 34.1 Å². The van der Waals surface area contributed by atoms with Crippen LogP contribution in [0.25, 0.3) is 21.3 Å². The molecule has 3 heterocycles. The maximum Gasteiger partial charge on any atom is 0.276 e. The molecule has 34 heavy (non-hydrogen) atoms. The first-order chi connectivity index (χ1) is 16.4. The zero-order chi connectivity index (χ0) is 23.8. The number of aryl methyl sites for hydroxylation is 3. The summed E-state index contributed by atoms with van der Waals surface area (Å²) in [5.41, 5.74) is 4.13. The summed E-state index contributed by atoms with van der Waals surface area (Å²) >= 11 is 1.51. The highest BCUT2D eigenvalue weighted by Crippen LogP contribution is 2.32. The molecule has 1 fully saturated rings. The van der Waals surface area contributed by atoms with Crippen LogP contribution in [0.5, 0.6) is 0 Å². The minimum absolute atomic E-state index is 0.178. The number of thiazole rings is 1. The van der Waals surface area contributed by atoms with Crippen molar-refractivity contribution < 1.29 is 14.3 Å². The second kappa shape index (κ2) is 9.04. The van der Waals surface area contributed by atoms with Crippen molar-refractivity contribution in [2.24, 2.45) is 7.05 Å². The van der Waals surface area contributed by atoms with Gasteiger partial charge in [-0.3, -0.25) is 9.59 Å². The lowest BCUT2D eigenvalue weighted by Gasteiger charge is -2.23. The molecule has 0 radical (unpaired) electrons. The van der Waals surface area contributed by atoms with Gasteiger partial charge in [0.25, 0.3) is 11.8 Å². The summed E-state index contributed by atoms with van der Waals surface area (Å²) < 4.78 is 7.75. The van der Waals surface area contributed by atoms with Gasteiger partial charge < -0.3 is 19.5 Å². The molecule has 0 bridgehead atoms. The maximum absolute atomic E-state index is 13.5. The van der Waals surface area contributed by atoms with E-state index >= 15 is 0 Å². The minimum atomic E-state index is -0.543. The summed E-state index contributed by atoms with van der Waals surface area (Å²) in [6.07, 6.45) is 1.28. The molecule has 2 aromatic heterocycles. The number of fused-ring (bicyclic) bond motifs is 1. The van der Waals surface area contributed by atoms with E-state index in [1.165, 1.54) is 11.3 Å². The summed E-state index contributed by atoms with van der Waals surface area (Å²) in [5.74, 6) is -0.368. The lowest BCUT2D eigenvalue weighted by molar-refractivity contribution is 0.0277. The largest absolute Gasteiger partial charge is 0.355 e. The van der Waals surface area contributed by atoms with Crippen molar-refractivity contribution in [3.63, 3.8) is 0 Å². The predicted octanol–water partition coefficient (Wildman–Crippen LogP) is 4.15. The van der Waals surface area contributed by atoms with Crippen LogP contribution in [0.4, 0.5) is 0 Å². The van der Waals surface area contributed by atoms with Crippen LogP contribution in [0.2, 0.25) is 0 Å². The highest BCUT2D eigenvalue weighted by molar-refractivity contribution is 7.15. The van der Waals surface area contributed by atoms with E-state index in [4.69, 9.17) is 4.74 Å². The van der Waals surface area contributed by atoms with Gasteiger partial charge in [-0.1, -0.05) is 48.0 Å². The van der Waals surface area contributed by atoms with Crippen LogP contribution < -0.4 is 5.32 Å². The molecule has 1 aliphatic heterocycles. The fraction of sp³-hybridized carbons (Fsp3) is 0.269. The number of hydrogen-bond donors (Lipinski definition) is 1. The van der Waals surface area contributed by atoms with Gasteiger partial charge in [0.05, 0.1) is 28.6 Å². The minimum Gasteiger partial charge on any atom is -0.355 e. The number of aromatic nitrogens is 2. The van der Waals surface area contributed by atoms with E-state index in [1.54, 1.807) is 4.90 Å². The Labute approximate surface area is 202 Å². The average Bonchev–Trinajstić information content (AvgIpc) is 3.54. The molecule has 0 saturated carbocycles. The highest BCUT2D eigenvalue weighted by atomic mass is 32.1. The van der Waals surface area contributed by atoms with E-state index in [0.717, 1.165) is 31.9 Å².